The van der Waals surface area contributed by atoms with Crippen molar-refractivity contribution in [2.24, 2.45) is 0 Å². The fourth-order valence-electron chi connectivity index (χ4n) is 2.18. The molecule has 0 aliphatic carbocycles. The molecule has 6 nitrogen and oxygen atoms in total. The Morgan fingerprint density at radius 3 is 2.52 bits per heavy atom. The highest BCUT2D eigenvalue weighted by molar-refractivity contribution is 7.13. The van der Waals surface area contributed by atoms with Crippen LogP contribution in [0.4, 0.5) is 0 Å². The maximum Gasteiger partial charge on any atom is 0.244 e. The maximum atomic E-state index is 5.92. The third-order valence-corrected chi connectivity index (χ3v) is 4.40. The fourth-order valence-corrected chi connectivity index (χ4v) is 2.83. The second-order valence-corrected chi connectivity index (χ2v) is 6.59. The minimum atomic E-state index is 0.491. The molecule has 0 spiro atoms. The molecule has 25 heavy (non-hydrogen) atoms. The fraction of sp³-hybridized carbons (Fsp3) is 0.278. The maximum absolute atomic E-state index is 5.92. The number of hydrogen-bond donors (Lipinski definition) is 0. The highest BCUT2D eigenvalue weighted by Crippen LogP contribution is 2.30. The van der Waals surface area contributed by atoms with E-state index in [0.29, 0.717) is 24.0 Å². The van der Waals surface area contributed by atoms with E-state index < -0.39 is 0 Å². The van der Waals surface area contributed by atoms with Crippen molar-refractivity contribution in [2.45, 2.75) is 0 Å². The standard InChI is InChI=1S/C18H20N4O2S/c1-22(2)10-11-24-18-16(13-6-8-14(23-3)9-7-13)20-21-17(19-18)15-5-4-12-25-15/h4-9,12H,10-11H2,1-3H3. The van der Waals surface area contributed by atoms with Crippen LogP contribution in [0.5, 0.6) is 11.6 Å². The van der Waals surface area contributed by atoms with Crippen LogP contribution in [-0.4, -0.2) is 54.4 Å². The summed E-state index contributed by atoms with van der Waals surface area (Å²) < 4.78 is 11.1. The summed E-state index contributed by atoms with van der Waals surface area (Å²) in [5.41, 5.74) is 1.51. The van der Waals surface area contributed by atoms with Gasteiger partial charge in [-0.3, -0.25) is 0 Å². The molecule has 3 rings (SSSR count). The topological polar surface area (TPSA) is 60.4 Å². The quantitative estimate of drug-likeness (QED) is 0.648. The molecule has 0 saturated heterocycles. The summed E-state index contributed by atoms with van der Waals surface area (Å²) in [6.07, 6.45) is 0. The first-order valence-electron chi connectivity index (χ1n) is 7.88. The van der Waals surface area contributed by atoms with Crippen molar-refractivity contribution in [3.8, 4) is 33.6 Å². The molecule has 1 aromatic carbocycles. The van der Waals surface area contributed by atoms with Crippen molar-refractivity contribution in [3.05, 3.63) is 41.8 Å². The van der Waals surface area contributed by atoms with Crippen LogP contribution in [0.3, 0.4) is 0 Å². The van der Waals surface area contributed by atoms with E-state index in [4.69, 9.17) is 9.47 Å². The summed E-state index contributed by atoms with van der Waals surface area (Å²) in [6, 6.07) is 11.6. The van der Waals surface area contributed by atoms with Gasteiger partial charge in [0.05, 0.1) is 12.0 Å². The average Bonchev–Trinajstić information content (AvgIpc) is 3.16. The normalized spacial score (nSPS) is 10.9. The van der Waals surface area contributed by atoms with Gasteiger partial charge >= 0.3 is 0 Å². The number of methoxy groups -OCH3 is 1. The van der Waals surface area contributed by atoms with Gasteiger partial charge in [0.1, 0.15) is 12.4 Å². The Morgan fingerprint density at radius 2 is 1.88 bits per heavy atom. The number of hydrogen-bond acceptors (Lipinski definition) is 7. The molecule has 7 heteroatoms. The summed E-state index contributed by atoms with van der Waals surface area (Å²) in [5, 5.41) is 10.6. The molecule has 0 atom stereocenters. The largest absolute Gasteiger partial charge is 0.497 e. The first-order valence-corrected chi connectivity index (χ1v) is 8.76. The zero-order valence-corrected chi connectivity index (χ0v) is 15.3. The molecule has 0 fully saturated rings. The van der Waals surface area contributed by atoms with E-state index >= 15 is 0 Å². The number of benzene rings is 1. The second kappa shape index (κ2) is 8.04. The molecule has 0 aliphatic rings. The van der Waals surface area contributed by atoms with Crippen LogP contribution in [0.2, 0.25) is 0 Å². The van der Waals surface area contributed by atoms with Crippen molar-refractivity contribution in [3.63, 3.8) is 0 Å². The molecule has 0 aliphatic heterocycles. The van der Waals surface area contributed by atoms with E-state index in [1.54, 1.807) is 18.4 Å². The summed E-state index contributed by atoms with van der Waals surface area (Å²) in [6.45, 7) is 1.32. The molecule has 0 bridgehead atoms. The molecular weight excluding hydrogens is 336 g/mol. The van der Waals surface area contributed by atoms with E-state index in [2.05, 4.69) is 20.1 Å². The van der Waals surface area contributed by atoms with Gasteiger partial charge in [0.15, 0.2) is 11.5 Å². The molecule has 0 N–H and O–H groups in total. The Labute approximate surface area is 151 Å². The third kappa shape index (κ3) is 4.32. The van der Waals surface area contributed by atoms with Crippen molar-refractivity contribution in [1.29, 1.82) is 0 Å². The molecule has 2 aromatic heterocycles. The summed E-state index contributed by atoms with van der Waals surface area (Å²) in [4.78, 5) is 7.62. The third-order valence-electron chi connectivity index (χ3n) is 3.54. The number of thiophene rings is 1. The van der Waals surface area contributed by atoms with Crippen molar-refractivity contribution < 1.29 is 9.47 Å². The first kappa shape index (κ1) is 17.3. The van der Waals surface area contributed by atoms with Gasteiger partial charge in [-0.15, -0.1) is 21.5 Å². The SMILES string of the molecule is COc1ccc(-c2nnc(-c3cccs3)nc2OCCN(C)C)cc1. The Balaban J connectivity index is 1.94. The minimum absolute atomic E-state index is 0.491. The molecule has 0 amide bonds. The van der Waals surface area contributed by atoms with Crippen LogP contribution in [-0.2, 0) is 0 Å². The van der Waals surface area contributed by atoms with Crippen LogP contribution in [0.25, 0.3) is 22.0 Å². The van der Waals surface area contributed by atoms with Gasteiger partial charge in [-0.25, -0.2) is 0 Å². The lowest BCUT2D eigenvalue weighted by Crippen LogP contribution is -2.20. The molecule has 0 radical (unpaired) electrons. The predicted octanol–water partition coefficient (Wildman–Crippen LogP) is 3.22. The molecule has 0 unspecified atom stereocenters. The first-order chi connectivity index (χ1) is 12.2. The van der Waals surface area contributed by atoms with Crippen LogP contribution in [0, 0.1) is 0 Å². The highest BCUT2D eigenvalue weighted by atomic mass is 32.1. The highest BCUT2D eigenvalue weighted by Gasteiger charge is 2.15. The lowest BCUT2D eigenvalue weighted by Gasteiger charge is -2.13. The Bertz CT molecular complexity index is 804. The summed E-state index contributed by atoms with van der Waals surface area (Å²) in [7, 11) is 5.65. The van der Waals surface area contributed by atoms with Crippen LogP contribution in [0.15, 0.2) is 41.8 Å². The Hall–Kier alpha value is -2.51. The zero-order chi connectivity index (χ0) is 17.6. The monoisotopic (exact) mass is 356 g/mol. The van der Waals surface area contributed by atoms with Gasteiger partial charge in [-0.05, 0) is 49.8 Å². The van der Waals surface area contributed by atoms with E-state index in [0.717, 1.165) is 22.7 Å². The summed E-state index contributed by atoms with van der Waals surface area (Å²) >= 11 is 1.57. The number of aromatic nitrogens is 3. The van der Waals surface area contributed by atoms with Crippen LogP contribution >= 0.6 is 11.3 Å². The minimum Gasteiger partial charge on any atom is -0.497 e. The number of ether oxygens (including phenoxy) is 2. The van der Waals surface area contributed by atoms with Gasteiger partial charge in [-0.2, -0.15) is 4.98 Å². The molecule has 130 valence electrons. The Kier molecular flexibility index (Phi) is 5.57. The average molecular weight is 356 g/mol. The number of likely N-dealkylation sites (N-methyl/N-ethyl adjacent to an activating group) is 1. The van der Waals surface area contributed by atoms with Gasteiger partial charge in [0.2, 0.25) is 5.88 Å². The second-order valence-electron chi connectivity index (χ2n) is 5.65. The van der Waals surface area contributed by atoms with Crippen molar-refractivity contribution in [2.75, 3.05) is 34.4 Å². The van der Waals surface area contributed by atoms with E-state index in [-0.39, 0.29) is 0 Å². The predicted molar refractivity (Wildman–Crippen MR) is 99.2 cm³/mol. The van der Waals surface area contributed by atoms with E-state index in [1.807, 2.05) is 55.9 Å². The van der Waals surface area contributed by atoms with Gasteiger partial charge in [0.25, 0.3) is 0 Å². The number of nitrogens with zero attached hydrogens (tertiary/aromatic N) is 4. The zero-order valence-electron chi connectivity index (χ0n) is 14.5. The smallest absolute Gasteiger partial charge is 0.244 e. The number of rotatable bonds is 7. The van der Waals surface area contributed by atoms with E-state index in [9.17, 15) is 0 Å². The molecule has 3 aromatic rings. The Morgan fingerprint density at radius 1 is 1.08 bits per heavy atom. The molecule has 2 heterocycles. The molecule has 0 saturated carbocycles. The van der Waals surface area contributed by atoms with Crippen molar-refractivity contribution in [1.82, 2.24) is 20.1 Å². The van der Waals surface area contributed by atoms with Gasteiger partial charge in [-0.1, -0.05) is 6.07 Å². The van der Waals surface area contributed by atoms with Gasteiger partial charge in [0, 0.05) is 12.1 Å². The lowest BCUT2D eigenvalue weighted by molar-refractivity contribution is 0.253. The van der Waals surface area contributed by atoms with Crippen LogP contribution in [0.1, 0.15) is 0 Å². The van der Waals surface area contributed by atoms with Crippen LogP contribution < -0.4 is 9.47 Å². The lowest BCUT2D eigenvalue weighted by atomic mass is 10.1. The molecular formula is C18H20N4O2S. The van der Waals surface area contributed by atoms with Gasteiger partial charge < -0.3 is 14.4 Å². The van der Waals surface area contributed by atoms with Crippen molar-refractivity contribution >= 4 is 11.3 Å². The summed E-state index contributed by atoms with van der Waals surface area (Å²) in [5.74, 6) is 1.85. The van der Waals surface area contributed by atoms with E-state index in [1.165, 1.54) is 0 Å².